The Balaban J connectivity index is 1.78. The molecule has 0 unspecified atom stereocenters. The van der Waals surface area contributed by atoms with E-state index in [-0.39, 0.29) is 0 Å². The van der Waals surface area contributed by atoms with Crippen molar-refractivity contribution in [2.75, 3.05) is 13.1 Å². The second-order valence-corrected chi connectivity index (χ2v) is 4.75. The molecule has 5 nitrogen and oxygen atoms in total. The summed E-state index contributed by atoms with van der Waals surface area (Å²) in [7, 11) is 0. The van der Waals surface area contributed by atoms with Gasteiger partial charge in [0.2, 0.25) is 0 Å². The van der Waals surface area contributed by atoms with Crippen molar-refractivity contribution in [3.63, 3.8) is 0 Å². The van der Waals surface area contributed by atoms with Gasteiger partial charge in [-0.2, -0.15) is 15.0 Å². The monoisotopic (exact) mass is 259 g/mol. The van der Waals surface area contributed by atoms with Gasteiger partial charge in [0.05, 0.1) is 17.6 Å². The van der Waals surface area contributed by atoms with Crippen LogP contribution < -0.4 is 10.6 Å². The molecule has 0 spiro atoms. The van der Waals surface area contributed by atoms with Crippen LogP contribution in [0.4, 0.5) is 0 Å². The van der Waals surface area contributed by atoms with Crippen LogP contribution in [0, 0.1) is 0 Å². The topological polar surface area (TPSA) is 54.8 Å². The van der Waals surface area contributed by atoms with Crippen LogP contribution in [0.25, 0.3) is 5.69 Å². The first-order valence-electron chi connectivity index (χ1n) is 6.66. The molecule has 2 aromatic rings. The van der Waals surface area contributed by atoms with Crippen molar-refractivity contribution in [1.29, 1.82) is 0 Å². The van der Waals surface area contributed by atoms with E-state index < -0.39 is 0 Å². The molecule has 0 aliphatic rings. The highest BCUT2D eigenvalue weighted by atomic mass is 15.5. The fourth-order valence-corrected chi connectivity index (χ4v) is 1.73. The van der Waals surface area contributed by atoms with Crippen LogP contribution in [0.1, 0.15) is 19.5 Å². The minimum Gasteiger partial charge on any atom is -0.313 e. The number of rotatable bonds is 7. The molecular weight excluding hydrogens is 238 g/mol. The molecule has 1 aromatic heterocycles. The minimum atomic E-state index is 0.528. The number of hydrogen-bond acceptors (Lipinski definition) is 4. The molecule has 0 atom stereocenters. The molecule has 0 bridgehead atoms. The van der Waals surface area contributed by atoms with Crippen molar-refractivity contribution in [3.05, 3.63) is 42.2 Å². The summed E-state index contributed by atoms with van der Waals surface area (Å²) in [4.78, 5) is 1.66. The Morgan fingerprint density at radius 2 is 1.95 bits per heavy atom. The van der Waals surface area contributed by atoms with Crippen molar-refractivity contribution in [2.45, 2.75) is 26.4 Å². The normalized spacial score (nSPS) is 11.1. The van der Waals surface area contributed by atoms with Crippen LogP contribution in [0.3, 0.4) is 0 Å². The molecule has 102 valence electrons. The summed E-state index contributed by atoms with van der Waals surface area (Å²) in [6.45, 7) is 6.92. The molecule has 2 N–H and O–H groups in total. The SMILES string of the molecule is CC(C)NCCNCc1cnn(-c2ccccc2)n1. The van der Waals surface area contributed by atoms with Gasteiger partial charge in [0.15, 0.2) is 0 Å². The van der Waals surface area contributed by atoms with Crippen molar-refractivity contribution in [3.8, 4) is 5.69 Å². The number of benzene rings is 1. The van der Waals surface area contributed by atoms with E-state index in [1.807, 2.05) is 30.3 Å². The molecule has 1 heterocycles. The Bertz CT molecular complexity index is 478. The Morgan fingerprint density at radius 3 is 2.68 bits per heavy atom. The zero-order valence-corrected chi connectivity index (χ0v) is 11.5. The molecule has 0 saturated heterocycles. The molecule has 0 radical (unpaired) electrons. The van der Waals surface area contributed by atoms with Gasteiger partial charge < -0.3 is 10.6 Å². The van der Waals surface area contributed by atoms with Gasteiger partial charge in [0.1, 0.15) is 0 Å². The second-order valence-electron chi connectivity index (χ2n) is 4.75. The fourth-order valence-electron chi connectivity index (χ4n) is 1.73. The van der Waals surface area contributed by atoms with Gasteiger partial charge >= 0.3 is 0 Å². The molecular formula is C14H21N5. The lowest BCUT2D eigenvalue weighted by Gasteiger charge is -2.07. The Labute approximate surface area is 114 Å². The van der Waals surface area contributed by atoms with Crippen molar-refractivity contribution >= 4 is 0 Å². The summed E-state index contributed by atoms with van der Waals surface area (Å²) in [5, 5.41) is 15.4. The lowest BCUT2D eigenvalue weighted by atomic mass is 10.3. The summed E-state index contributed by atoms with van der Waals surface area (Å²) in [5.74, 6) is 0. The molecule has 1 aromatic carbocycles. The fraction of sp³-hybridized carbons (Fsp3) is 0.429. The minimum absolute atomic E-state index is 0.528. The van der Waals surface area contributed by atoms with Gasteiger partial charge in [-0.3, -0.25) is 0 Å². The number of hydrogen-bond donors (Lipinski definition) is 2. The van der Waals surface area contributed by atoms with E-state index in [4.69, 9.17) is 0 Å². The molecule has 19 heavy (non-hydrogen) atoms. The van der Waals surface area contributed by atoms with E-state index in [0.29, 0.717) is 6.04 Å². The lowest BCUT2D eigenvalue weighted by molar-refractivity contribution is 0.552. The molecule has 0 aliphatic carbocycles. The summed E-state index contributed by atoms with van der Waals surface area (Å²) in [5.41, 5.74) is 1.93. The zero-order chi connectivity index (χ0) is 13.5. The first-order chi connectivity index (χ1) is 9.25. The molecule has 0 fully saturated rings. The summed E-state index contributed by atoms with van der Waals surface area (Å²) < 4.78 is 0. The highest BCUT2D eigenvalue weighted by Crippen LogP contribution is 2.03. The van der Waals surface area contributed by atoms with Crippen LogP contribution >= 0.6 is 0 Å². The van der Waals surface area contributed by atoms with Crippen LogP contribution in [0.15, 0.2) is 36.5 Å². The third kappa shape index (κ3) is 4.46. The van der Waals surface area contributed by atoms with Gasteiger partial charge in [0.25, 0.3) is 0 Å². The highest BCUT2D eigenvalue weighted by Gasteiger charge is 2.01. The van der Waals surface area contributed by atoms with Gasteiger partial charge in [-0.1, -0.05) is 32.0 Å². The predicted molar refractivity (Wildman–Crippen MR) is 76.2 cm³/mol. The maximum atomic E-state index is 4.44. The second kappa shape index (κ2) is 7.01. The summed E-state index contributed by atoms with van der Waals surface area (Å²) >= 11 is 0. The molecule has 5 heteroatoms. The lowest BCUT2D eigenvalue weighted by Crippen LogP contribution is -2.31. The van der Waals surface area contributed by atoms with Crippen molar-refractivity contribution < 1.29 is 0 Å². The average Bonchev–Trinajstić information content (AvgIpc) is 2.88. The third-order valence-electron chi connectivity index (χ3n) is 2.69. The Hall–Kier alpha value is -1.72. The predicted octanol–water partition coefficient (Wildman–Crippen LogP) is 1.35. The van der Waals surface area contributed by atoms with E-state index in [9.17, 15) is 0 Å². The first kappa shape index (κ1) is 13.7. The van der Waals surface area contributed by atoms with Gasteiger partial charge in [-0.25, -0.2) is 0 Å². The number of para-hydroxylation sites is 1. The van der Waals surface area contributed by atoms with E-state index in [2.05, 4.69) is 34.7 Å². The molecule has 0 amide bonds. The highest BCUT2D eigenvalue weighted by molar-refractivity contribution is 5.28. The number of nitrogens with zero attached hydrogens (tertiary/aromatic N) is 3. The van der Waals surface area contributed by atoms with Crippen LogP contribution in [0.2, 0.25) is 0 Å². The number of nitrogens with one attached hydrogen (secondary N) is 2. The maximum Gasteiger partial charge on any atom is 0.0969 e. The Morgan fingerprint density at radius 1 is 1.16 bits per heavy atom. The van der Waals surface area contributed by atoms with E-state index in [1.165, 1.54) is 0 Å². The standard InChI is InChI=1S/C14H21N5/c1-12(2)16-9-8-15-10-13-11-17-19(18-13)14-6-4-3-5-7-14/h3-7,11-12,15-16H,8-10H2,1-2H3. The van der Waals surface area contributed by atoms with Crippen LogP contribution in [0.5, 0.6) is 0 Å². The average molecular weight is 259 g/mol. The molecule has 0 saturated carbocycles. The Kier molecular flexibility index (Phi) is 5.06. The van der Waals surface area contributed by atoms with Crippen LogP contribution in [-0.2, 0) is 6.54 Å². The van der Waals surface area contributed by atoms with Gasteiger partial charge in [0, 0.05) is 25.7 Å². The maximum absolute atomic E-state index is 4.44. The largest absolute Gasteiger partial charge is 0.313 e. The van der Waals surface area contributed by atoms with Gasteiger partial charge in [-0.05, 0) is 12.1 Å². The van der Waals surface area contributed by atoms with E-state index in [1.54, 1.807) is 11.0 Å². The summed E-state index contributed by atoms with van der Waals surface area (Å²) in [6, 6.07) is 10.5. The number of aromatic nitrogens is 3. The first-order valence-corrected chi connectivity index (χ1v) is 6.66. The van der Waals surface area contributed by atoms with E-state index in [0.717, 1.165) is 31.0 Å². The van der Waals surface area contributed by atoms with Crippen LogP contribution in [-0.4, -0.2) is 34.1 Å². The smallest absolute Gasteiger partial charge is 0.0969 e. The quantitative estimate of drug-likeness (QED) is 0.737. The summed E-state index contributed by atoms with van der Waals surface area (Å²) in [6.07, 6.45) is 1.80. The third-order valence-corrected chi connectivity index (χ3v) is 2.69. The van der Waals surface area contributed by atoms with Crippen molar-refractivity contribution in [2.24, 2.45) is 0 Å². The molecule has 2 rings (SSSR count). The van der Waals surface area contributed by atoms with E-state index >= 15 is 0 Å². The molecule has 0 aliphatic heterocycles. The van der Waals surface area contributed by atoms with Gasteiger partial charge in [-0.15, -0.1) is 0 Å². The van der Waals surface area contributed by atoms with Crippen molar-refractivity contribution in [1.82, 2.24) is 25.6 Å². The zero-order valence-electron chi connectivity index (χ0n) is 11.5.